The average Bonchev–Trinajstić information content (AvgIpc) is 3.72. The third-order valence-corrected chi connectivity index (χ3v) is 10.3. The minimum absolute atomic E-state index is 0. The highest BCUT2D eigenvalue weighted by molar-refractivity contribution is 7.08. The Kier molecular flexibility index (Phi) is 20.3. The Bertz CT molecular complexity index is 1600. The minimum Gasteiger partial charge on any atom is -0.446 e. The molecular weight excluding hydrogens is 723 g/mol. The molecule has 1 aliphatic heterocycles. The zero-order valence-electron chi connectivity index (χ0n) is 32.7. The molecule has 0 bridgehead atoms. The molecule has 14 heteroatoms. The lowest BCUT2D eigenvalue weighted by atomic mass is 9.85. The number of carbonyl (C=O) groups is 5. The molecule has 4 aliphatic rings. The van der Waals surface area contributed by atoms with Crippen molar-refractivity contribution in [3.05, 3.63) is 58.0 Å². The van der Waals surface area contributed by atoms with E-state index in [4.69, 9.17) is 4.74 Å². The molecule has 3 aliphatic carbocycles. The standard InChI is InChI=1S/C25H38N4O6.C9H7NOS.C4H8.C2H6.CH4.H2O.3H2/c1-5-16-15-25(16,22(33)26-12-14-30)28-20(31)18-11-8-13-29(18)21(32)19(24(2,3)4)27-23(34)35-17-9-6-7-10-17;11-8-1-3-10-9(5-8)7-2-4-12-6-7;1-4-2-3-4;1-2;;;;;/h5,14,16-19H,1,6-13,15H2,2-4H3,(H,26,33)(H,27,34)(H,28,31);1-6H,(H,10,11);4H,2-3H2,1H3;1-2H3;1H4;1H2;3*1H/t16-,18+,19-,25-;;;;;;;;/m1......../s1. The summed E-state index contributed by atoms with van der Waals surface area (Å²) in [5.41, 5.74) is 0.207. The van der Waals surface area contributed by atoms with Crippen molar-refractivity contribution >= 4 is 41.4 Å². The SMILES string of the molecule is C.C=C[C@@H]1C[C@]1(NC(=O)[C@@H]1CCCN1C(=O)[C@@H](NC(=O)OC1CCCC1)C(C)(C)C)C(=O)NCC=O.CC.CC1CC1.O.O=c1cc[nH]c(-c2ccsc2)c1.[HH].[HH].[HH]. The average molecular weight is 794 g/mol. The Hall–Kier alpha value is -4.30. The summed E-state index contributed by atoms with van der Waals surface area (Å²) in [6.07, 6.45) is 11.2. The van der Waals surface area contributed by atoms with Crippen molar-refractivity contribution in [3.8, 4) is 11.3 Å². The quantitative estimate of drug-likeness (QED) is 0.155. The zero-order valence-corrected chi connectivity index (χ0v) is 33.5. The number of ether oxygens (including phenoxy) is 1. The Labute approximate surface area is 335 Å². The predicted molar refractivity (Wildman–Crippen MR) is 225 cm³/mol. The molecule has 0 radical (unpaired) electrons. The second-order valence-electron chi connectivity index (χ2n) is 15.0. The summed E-state index contributed by atoms with van der Waals surface area (Å²) in [6, 6.07) is 3.45. The first-order valence-corrected chi connectivity index (χ1v) is 19.9. The summed E-state index contributed by atoms with van der Waals surface area (Å²) >= 11 is 1.62. The molecule has 0 spiro atoms. The van der Waals surface area contributed by atoms with Gasteiger partial charge < -0.3 is 40.8 Å². The molecule has 4 amide bonds. The lowest BCUT2D eigenvalue weighted by Crippen LogP contribution is -2.60. The topological polar surface area (TPSA) is 198 Å². The van der Waals surface area contributed by atoms with Crippen molar-refractivity contribution < 1.29 is 38.5 Å². The van der Waals surface area contributed by atoms with Crippen molar-refractivity contribution in [1.82, 2.24) is 25.8 Å². The van der Waals surface area contributed by atoms with Crippen LogP contribution in [0.25, 0.3) is 11.3 Å². The van der Waals surface area contributed by atoms with Crippen LogP contribution in [0.5, 0.6) is 0 Å². The van der Waals surface area contributed by atoms with Crippen LogP contribution in [0.4, 0.5) is 4.79 Å². The molecule has 2 aromatic rings. The number of nitrogens with one attached hydrogen (secondary N) is 4. The second-order valence-corrected chi connectivity index (χ2v) is 15.7. The normalized spacial score (nSPS) is 21.4. The van der Waals surface area contributed by atoms with E-state index >= 15 is 0 Å². The summed E-state index contributed by atoms with van der Waals surface area (Å²) in [4.78, 5) is 78.2. The molecule has 2 aromatic heterocycles. The van der Waals surface area contributed by atoms with E-state index in [1.54, 1.807) is 29.7 Å². The van der Waals surface area contributed by atoms with Gasteiger partial charge in [-0.25, -0.2) is 4.79 Å². The molecular formula is C41H71N5O8S. The molecule has 4 atom stereocenters. The highest BCUT2D eigenvalue weighted by Crippen LogP contribution is 2.45. The number of H-pyrrole nitrogens is 1. The number of carbonyl (C=O) groups excluding carboxylic acids is 5. The number of likely N-dealkylation sites (tertiary alicyclic amines) is 1. The highest BCUT2D eigenvalue weighted by Gasteiger charge is 2.60. The summed E-state index contributed by atoms with van der Waals surface area (Å²) in [6.45, 7) is 15.8. The summed E-state index contributed by atoms with van der Waals surface area (Å²) < 4.78 is 5.50. The van der Waals surface area contributed by atoms with Gasteiger partial charge >= 0.3 is 6.09 Å². The van der Waals surface area contributed by atoms with E-state index in [0.717, 1.165) is 42.9 Å². The molecule has 6 rings (SSSR count). The smallest absolute Gasteiger partial charge is 0.408 e. The van der Waals surface area contributed by atoms with Gasteiger partial charge in [0.1, 0.15) is 30.0 Å². The molecule has 6 N–H and O–H groups in total. The Morgan fingerprint density at radius 2 is 1.76 bits per heavy atom. The molecule has 0 unspecified atom stereocenters. The molecule has 55 heavy (non-hydrogen) atoms. The van der Waals surface area contributed by atoms with Crippen LogP contribution in [-0.4, -0.2) is 82.3 Å². The van der Waals surface area contributed by atoms with Gasteiger partial charge in [-0.3, -0.25) is 19.2 Å². The number of thiophene rings is 1. The number of alkyl carbamates (subject to hydrolysis) is 1. The Morgan fingerprint density at radius 1 is 1.11 bits per heavy atom. The Balaban J connectivity index is -0.00000109. The lowest BCUT2D eigenvalue weighted by Gasteiger charge is -2.35. The van der Waals surface area contributed by atoms with Crippen molar-refractivity contribution in [2.45, 2.75) is 130 Å². The largest absolute Gasteiger partial charge is 0.446 e. The van der Waals surface area contributed by atoms with Crippen molar-refractivity contribution in [1.29, 1.82) is 0 Å². The highest BCUT2D eigenvalue weighted by atomic mass is 32.1. The maximum atomic E-state index is 13.6. The number of hydrogen-bond acceptors (Lipinski definition) is 8. The summed E-state index contributed by atoms with van der Waals surface area (Å²) in [5, 5.41) is 12.1. The van der Waals surface area contributed by atoms with Gasteiger partial charge in [-0.2, -0.15) is 11.3 Å². The number of hydrogen-bond donors (Lipinski definition) is 4. The fourth-order valence-electron chi connectivity index (χ4n) is 6.25. The first-order valence-electron chi connectivity index (χ1n) is 18.9. The first kappa shape index (κ1) is 48.7. The number of amides is 4. The lowest BCUT2D eigenvalue weighted by molar-refractivity contribution is -0.143. The van der Waals surface area contributed by atoms with Gasteiger partial charge in [-0.1, -0.05) is 67.9 Å². The van der Waals surface area contributed by atoms with Crippen molar-refractivity contribution in [2.24, 2.45) is 17.3 Å². The third kappa shape index (κ3) is 14.4. The van der Waals surface area contributed by atoms with E-state index in [-0.39, 0.29) is 47.1 Å². The number of nitrogens with zero attached hydrogens (tertiary/aromatic N) is 1. The van der Waals surface area contributed by atoms with Crippen LogP contribution in [0.3, 0.4) is 0 Å². The Morgan fingerprint density at radius 3 is 2.27 bits per heavy atom. The number of aromatic nitrogens is 1. The van der Waals surface area contributed by atoms with Gasteiger partial charge in [0.25, 0.3) is 0 Å². The van der Waals surface area contributed by atoms with E-state index < -0.39 is 40.9 Å². The fourth-order valence-corrected chi connectivity index (χ4v) is 6.91. The molecule has 3 saturated carbocycles. The van der Waals surface area contributed by atoms with Gasteiger partial charge in [-0.15, -0.1) is 6.58 Å². The molecule has 3 heterocycles. The maximum absolute atomic E-state index is 13.6. The van der Waals surface area contributed by atoms with Crippen molar-refractivity contribution in [3.63, 3.8) is 0 Å². The van der Waals surface area contributed by atoms with Gasteiger partial charge in [0.2, 0.25) is 17.7 Å². The number of aromatic amines is 1. The first-order chi connectivity index (χ1) is 25.3. The van der Waals surface area contributed by atoms with Crippen LogP contribution in [-0.2, 0) is 23.9 Å². The molecule has 1 saturated heterocycles. The van der Waals surface area contributed by atoms with Crippen LogP contribution < -0.4 is 21.4 Å². The van der Waals surface area contributed by atoms with Gasteiger partial charge in [0, 0.05) is 46.0 Å². The van der Waals surface area contributed by atoms with Gasteiger partial charge in [0.05, 0.1) is 12.2 Å². The zero-order chi connectivity index (χ0) is 39.2. The summed E-state index contributed by atoms with van der Waals surface area (Å²) in [7, 11) is 0. The van der Waals surface area contributed by atoms with Crippen LogP contribution in [0.1, 0.15) is 111 Å². The van der Waals surface area contributed by atoms with E-state index in [1.165, 1.54) is 23.8 Å². The van der Waals surface area contributed by atoms with Crippen LogP contribution in [0.2, 0.25) is 0 Å². The van der Waals surface area contributed by atoms with Crippen molar-refractivity contribution in [2.75, 3.05) is 13.1 Å². The molecule has 13 nitrogen and oxygen atoms in total. The minimum atomic E-state index is -1.16. The van der Waals surface area contributed by atoms with E-state index in [9.17, 15) is 28.8 Å². The maximum Gasteiger partial charge on any atom is 0.408 e. The molecule has 314 valence electrons. The van der Waals surface area contributed by atoms with Gasteiger partial charge in [0.15, 0.2) is 5.43 Å². The van der Waals surface area contributed by atoms with E-state index in [0.29, 0.717) is 32.1 Å². The van der Waals surface area contributed by atoms with E-state index in [2.05, 4.69) is 34.4 Å². The van der Waals surface area contributed by atoms with Crippen LogP contribution in [0, 0.1) is 17.3 Å². The molecule has 4 fully saturated rings. The monoisotopic (exact) mass is 794 g/mol. The second kappa shape index (κ2) is 22.9. The van der Waals surface area contributed by atoms with Crippen LogP contribution in [0.15, 0.2) is 52.6 Å². The summed E-state index contributed by atoms with van der Waals surface area (Å²) in [5.74, 6) is -0.391. The number of pyridine rings is 1. The molecule has 0 aromatic carbocycles. The van der Waals surface area contributed by atoms with Crippen LogP contribution >= 0.6 is 11.3 Å². The fraction of sp³-hybridized carbons (Fsp3) is 0.610. The van der Waals surface area contributed by atoms with Gasteiger partial charge in [-0.05, 0) is 67.7 Å². The number of aldehydes is 1. The third-order valence-electron chi connectivity index (χ3n) is 9.66. The number of rotatable bonds is 10. The van der Waals surface area contributed by atoms with E-state index in [1.807, 2.05) is 51.4 Å². The predicted octanol–water partition coefficient (Wildman–Crippen LogP) is 6.53.